The number of methoxy groups -OCH3 is 1. The van der Waals surface area contributed by atoms with E-state index in [2.05, 4.69) is 0 Å². The van der Waals surface area contributed by atoms with Crippen LogP contribution in [-0.4, -0.2) is 43.9 Å². The first-order valence-corrected chi connectivity index (χ1v) is 5.09. The number of ether oxygens (including phenoxy) is 2. The lowest BCUT2D eigenvalue weighted by atomic mass is 10.2. The second kappa shape index (κ2) is 7.62. The van der Waals surface area contributed by atoms with Crippen molar-refractivity contribution in [3.05, 3.63) is 0 Å². The lowest BCUT2D eigenvalue weighted by molar-refractivity contribution is 0.0755. The SMILES string of the molecule is CCOC(=O)N(CCOC)C(C)CC. The van der Waals surface area contributed by atoms with E-state index in [1.54, 1.807) is 12.0 Å². The Bertz CT molecular complexity index is 161. The zero-order valence-electron chi connectivity index (χ0n) is 9.58. The average molecular weight is 203 g/mol. The molecule has 0 N–H and O–H groups in total. The van der Waals surface area contributed by atoms with Crippen molar-refractivity contribution in [2.75, 3.05) is 26.9 Å². The van der Waals surface area contributed by atoms with Gasteiger partial charge in [-0.3, -0.25) is 0 Å². The Morgan fingerprint density at radius 2 is 2.07 bits per heavy atom. The van der Waals surface area contributed by atoms with Crippen LogP contribution in [-0.2, 0) is 9.47 Å². The molecule has 0 rings (SSSR count). The van der Waals surface area contributed by atoms with Crippen molar-refractivity contribution in [3.8, 4) is 0 Å². The highest BCUT2D eigenvalue weighted by Crippen LogP contribution is 2.05. The van der Waals surface area contributed by atoms with Crippen LogP contribution in [0.2, 0.25) is 0 Å². The zero-order chi connectivity index (χ0) is 11.0. The van der Waals surface area contributed by atoms with Gasteiger partial charge in [-0.15, -0.1) is 0 Å². The van der Waals surface area contributed by atoms with Gasteiger partial charge in [-0.1, -0.05) is 6.92 Å². The van der Waals surface area contributed by atoms with Crippen molar-refractivity contribution in [3.63, 3.8) is 0 Å². The van der Waals surface area contributed by atoms with Crippen LogP contribution in [0.1, 0.15) is 27.2 Å². The van der Waals surface area contributed by atoms with Gasteiger partial charge < -0.3 is 14.4 Å². The van der Waals surface area contributed by atoms with Crippen LogP contribution in [0.25, 0.3) is 0 Å². The van der Waals surface area contributed by atoms with Crippen molar-refractivity contribution in [1.29, 1.82) is 0 Å². The fourth-order valence-corrected chi connectivity index (χ4v) is 1.11. The zero-order valence-corrected chi connectivity index (χ0v) is 9.58. The summed E-state index contributed by atoms with van der Waals surface area (Å²) in [4.78, 5) is 13.2. The van der Waals surface area contributed by atoms with E-state index in [0.29, 0.717) is 19.8 Å². The molecule has 4 nitrogen and oxygen atoms in total. The third-order valence-corrected chi connectivity index (χ3v) is 2.16. The van der Waals surface area contributed by atoms with Gasteiger partial charge in [0.1, 0.15) is 0 Å². The summed E-state index contributed by atoms with van der Waals surface area (Å²) in [6.07, 6.45) is 0.668. The molecular formula is C10H21NO3. The number of hydrogen-bond acceptors (Lipinski definition) is 3. The molecule has 0 aromatic carbocycles. The topological polar surface area (TPSA) is 38.8 Å². The smallest absolute Gasteiger partial charge is 0.410 e. The molecule has 4 heteroatoms. The molecule has 0 spiro atoms. The van der Waals surface area contributed by atoms with Crippen molar-refractivity contribution in [1.82, 2.24) is 4.90 Å². The second-order valence-electron chi connectivity index (χ2n) is 3.14. The number of carbonyl (C=O) groups is 1. The van der Waals surface area contributed by atoms with Crippen LogP contribution >= 0.6 is 0 Å². The highest BCUT2D eigenvalue weighted by atomic mass is 16.6. The molecular weight excluding hydrogens is 182 g/mol. The Kier molecular flexibility index (Phi) is 7.20. The molecule has 0 saturated heterocycles. The summed E-state index contributed by atoms with van der Waals surface area (Å²) in [5.41, 5.74) is 0. The van der Waals surface area contributed by atoms with Crippen molar-refractivity contribution < 1.29 is 14.3 Å². The van der Waals surface area contributed by atoms with Crippen LogP contribution in [0.5, 0.6) is 0 Å². The van der Waals surface area contributed by atoms with Crippen molar-refractivity contribution >= 4 is 6.09 Å². The summed E-state index contributed by atoms with van der Waals surface area (Å²) in [6.45, 7) is 7.41. The number of rotatable bonds is 6. The molecule has 14 heavy (non-hydrogen) atoms. The molecule has 1 amide bonds. The maximum absolute atomic E-state index is 11.5. The predicted octanol–water partition coefficient (Wildman–Crippen LogP) is 1.89. The summed E-state index contributed by atoms with van der Waals surface area (Å²) >= 11 is 0. The summed E-state index contributed by atoms with van der Waals surface area (Å²) in [7, 11) is 1.62. The largest absolute Gasteiger partial charge is 0.450 e. The third kappa shape index (κ3) is 4.46. The van der Waals surface area contributed by atoms with Crippen molar-refractivity contribution in [2.45, 2.75) is 33.2 Å². The van der Waals surface area contributed by atoms with E-state index in [1.807, 2.05) is 20.8 Å². The van der Waals surface area contributed by atoms with E-state index in [9.17, 15) is 4.79 Å². The molecule has 0 aliphatic carbocycles. The summed E-state index contributed by atoms with van der Waals surface area (Å²) in [6, 6.07) is 0.198. The normalized spacial score (nSPS) is 12.3. The quantitative estimate of drug-likeness (QED) is 0.661. The molecule has 0 radical (unpaired) electrons. The van der Waals surface area contributed by atoms with Gasteiger partial charge >= 0.3 is 6.09 Å². The average Bonchev–Trinajstić information content (AvgIpc) is 2.18. The van der Waals surface area contributed by atoms with Gasteiger partial charge in [-0.2, -0.15) is 0 Å². The van der Waals surface area contributed by atoms with E-state index in [0.717, 1.165) is 6.42 Å². The molecule has 0 aliphatic rings. The number of nitrogens with zero attached hydrogens (tertiary/aromatic N) is 1. The Morgan fingerprint density at radius 3 is 2.50 bits per heavy atom. The van der Waals surface area contributed by atoms with E-state index in [-0.39, 0.29) is 12.1 Å². The first-order chi connectivity index (χ1) is 6.67. The highest BCUT2D eigenvalue weighted by Gasteiger charge is 2.19. The van der Waals surface area contributed by atoms with Crippen LogP contribution in [0.3, 0.4) is 0 Å². The Hall–Kier alpha value is -0.770. The minimum Gasteiger partial charge on any atom is -0.450 e. The van der Waals surface area contributed by atoms with Crippen molar-refractivity contribution in [2.24, 2.45) is 0 Å². The first-order valence-electron chi connectivity index (χ1n) is 5.09. The van der Waals surface area contributed by atoms with Crippen LogP contribution in [0, 0.1) is 0 Å². The Labute approximate surface area is 86.2 Å². The Morgan fingerprint density at radius 1 is 1.43 bits per heavy atom. The molecule has 1 unspecified atom stereocenters. The number of amides is 1. The molecule has 0 bridgehead atoms. The molecule has 0 aliphatic heterocycles. The molecule has 1 atom stereocenters. The summed E-state index contributed by atoms with van der Waals surface area (Å²) < 4.78 is 9.90. The van der Waals surface area contributed by atoms with Gasteiger partial charge in [0.2, 0.25) is 0 Å². The van der Waals surface area contributed by atoms with E-state index >= 15 is 0 Å². The first kappa shape index (κ1) is 13.2. The van der Waals surface area contributed by atoms with E-state index in [4.69, 9.17) is 9.47 Å². The van der Waals surface area contributed by atoms with Gasteiger partial charge in [0.15, 0.2) is 0 Å². The van der Waals surface area contributed by atoms with Gasteiger partial charge in [0, 0.05) is 19.7 Å². The molecule has 0 aromatic rings. The lowest BCUT2D eigenvalue weighted by Gasteiger charge is -2.27. The Balaban J connectivity index is 4.15. The maximum Gasteiger partial charge on any atom is 0.410 e. The minimum atomic E-state index is -0.251. The summed E-state index contributed by atoms with van der Waals surface area (Å²) in [5, 5.41) is 0. The minimum absolute atomic E-state index is 0.198. The molecule has 84 valence electrons. The number of carbonyl (C=O) groups excluding carboxylic acids is 1. The predicted molar refractivity (Wildman–Crippen MR) is 55.4 cm³/mol. The fourth-order valence-electron chi connectivity index (χ4n) is 1.11. The number of hydrogen-bond donors (Lipinski definition) is 0. The van der Waals surface area contributed by atoms with Crippen LogP contribution < -0.4 is 0 Å². The summed E-state index contributed by atoms with van der Waals surface area (Å²) in [5.74, 6) is 0. The molecule has 0 saturated carbocycles. The molecule has 0 fully saturated rings. The van der Waals surface area contributed by atoms with Gasteiger partial charge in [0.25, 0.3) is 0 Å². The fraction of sp³-hybridized carbons (Fsp3) is 0.900. The van der Waals surface area contributed by atoms with E-state index < -0.39 is 0 Å². The molecule has 0 heterocycles. The van der Waals surface area contributed by atoms with E-state index in [1.165, 1.54) is 0 Å². The second-order valence-corrected chi connectivity index (χ2v) is 3.14. The maximum atomic E-state index is 11.5. The standard InChI is InChI=1S/C10H21NO3/c1-5-9(3)11(7-8-13-4)10(12)14-6-2/h9H,5-8H2,1-4H3. The lowest BCUT2D eigenvalue weighted by Crippen LogP contribution is -2.40. The van der Waals surface area contributed by atoms with Crippen LogP contribution in [0.4, 0.5) is 4.79 Å². The van der Waals surface area contributed by atoms with Crippen LogP contribution in [0.15, 0.2) is 0 Å². The monoisotopic (exact) mass is 203 g/mol. The van der Waals surface area contributed by atoms with Gasteiger partial charge in [0.05, 0.1) is 13.2 Å². The highest BCUT2D eigenvalue weighted by molar-refractivity contribution is 5.67. The molecule has 0 aromatic heterocycles. The van der Waals surface area contributed by atoms with Gasteiger partial charge in [-0.05, 0) is 20.3 Å². The third-order valence-electron chi connectivity index (χ3n) is 2.16. The van der Waals surface area contributed by atoms with Gasteiger partial charge in [-0.25, -0.2) is 4.79 Å².